The maximum Gasteiger partial charge on any atom is 0.338 e. The average molecular weight is 412 g/mol. The van der Waals surface area contributed by atoms with Crippen LogP contribution in [0.25, 0.3) is 0 Å². The van der Waals surface area contributed by atoms with Gasteiger partial charge in [0.15, 0.2) is 0 Å². The zero-order valence-electron chi connectivity index (χ0n) is 18.3. The Morgan fingerprint density at radius 1 is 0.900 bits per heavy atom. The number of benzene rings is 2. The Morgan fingerprint density at radius 3 is 2.40 bits per heavy atom. The highest BCUT2D eigenvalue weighted by Crippen LogP contribution is 2.20. The molecule has 30 heavy (non-hydrogen) atoms. The molecule has 0 unspecified atom stereocenters. The van der Waals surface area contributed by atoms with Gasteiger partial charge in [0.25, 0.3) is 0 Å². The van der Waals surface area contributed by atoms with Crippen LogP contribution in [-0.4, -0.2) is 25.1 Å². The molecule has 0 aliphatic rings. The maximum absolute atomic E-state index is 12.1. The number of ether oxygens (including phenoxy) is 2. The van der Waals surface area contributed by atoms with Gasteiger partial charge in [0.2, 0.25) is 5.91 Å². The van der Waals surface area contributed by atoms with Gasteiger partial charge >= 0.3 is 5.97 Å². The minimum Gasteiger partial charge on any atom is -0.493 e. The lowest BCUT2D eigenvalue weighted by Gasteiger charge is -2.11. The number of hydrogen-bond acceptors (Lipinski definition) is 4. The van der Waals surface area contributed by atoms with Crippen molar-refractivity contribution in [2.75, 3.05) is 18.5 Å². The molecule has 0 aliphatic carbocycles. The number of carbonyl (C=O) groups is 2. The first-order chi connectivity index (χ1) is 14.5. The van der Waals surface area contributed by atoms with Crippen LogP contribution < -0.4 is 10.1 Å². The standard InChI is InChI=1S/C25H33NO4/c1-4-5-6-7-17-30-25(28)21-13-15-22(16-14-21)26-24(27)12-9-18-29-23-11-8-10-19(2)20(23)3/h8,10-11,13-16H,4-7,9,12,17-18H2,1-3H3,(H,26,27). The fourth-order valence-electron chi connectivity index (χ4n) is 2.99. The quantitative estimate of drug-likeness (QED) is 0.352. The average Bonchev–Trinajstić information content (AvgIpc) is 2.74. The van der Waals surface area contributed by atoms with Gasteiger partial charge in [-0.15, -0.1) is 0 Å². The van der Waals surface area contributed by atoms with Crippen LogP contribution in [0.5, 0.6) is 5.75 Å². The summed E-state index contributed by atoms with van der Waals surface area (Å²) in [5.74, 6) is 0.460. The monoisotopic (exact) mass is 411 g/mol. The van der Waals surface area contributed by atoms with Crippen molar-refractivity contribution >= 4 is 17.6 Å². The highest BCUT2D eigenvalue weighted by atomic mass is 16.5. The number of amides is 1. The van der Waals surface area contributed by atoms with E-state index in [4.69, 9.17) is 9.47 Å². The maximum atomic E-state index is 12.1. The predicted molar refractivity (Wildman–Crippen MR) is 120 cm³/mol. The molecule has 0 aromatic heterocycles. The van der Waals surface area contributed by atoms with E-state index in [9.17, 15) is 9.59 Å². The molecule has 0 radical (unpaired) electrons. The second-order valence-corrected chi connectivity index (χ2v) is 7.47. The first-order valence-corrected chi connectivity index (χ1v) is 10.8. The molecule has 0 saturated carbocycles. The highest BCUT2D eigenvalue weighted by molar-refractivity contribution is 5.93. The molecule has 0 fully saturated rings. The summed E-state index contributed by atoms with van der Waals surface area (Å²) < 4.78 is 11.1. The molecule has 2 aromatic rings. The van der Waals surface area contributed by atoms with E-state index in [0.29, 0.717) is 37.3 Å². The molecule has 162 valence electrons. The highest BCUT2D eigenvalue weighted by Gasteiger charge is 2.08. The van der Waals surface area contributed by atoms with Crippen LogP contribution in [0.2, 0.25) is 0 Å². The lowest BCUT2D eigenvalue weighted by atomic mass is 10.1. The number of anilines is 1. The summed E-state index contributed by atoms with van der Waals surface area (Å²) in [6.07, 6.45) is 5.27. The third-order valence-electron chi connectivity index (χ3n) is 5.00. The third kappa shape index (κ3) is 7.90. The summed E-state index contributed by atoms with van der Waals surface area (Å²) >= 11 is 0. The van der Waals surface area contributed by atoms with Crippen molar-refractivity contribution in [3.8, 4) is 5.75 Å². The van der Waals surface area contributed by atoms with Gasteiger partial charge in [0, 0.05) is 12.1 Å². The molecule has 5 heteroatoms. The normalized spacial score (nSPS) is 10.5. The Balaban J connectivity index is 1.68. The van der Waals surface area contributed by atoms with Crippen LogP contribution in [0.3, 0.4) is 0 Å². The van der Waals surface area contributed by atoms with Crippen molar-refractivity contribution in [2.24, 2.45) is 0 Å². The summed E-state index contributed by atoms with van der Waals surface area (Å²) in [5.41, 5.74) is 3.47. The second-order valence-electron chi connectivity index (χ2n) is 7.47. The number of carbonyl (C=O) groups excluding carboxylic acids is 2. The van der Waals surface area contributed by atoms with Gasteiger partial charge in [-0.1, -0.05) is 38.3 Å². The Hall–Kier alpha value is -2.82. The van der Waals surface area contributed by atoms with E-state index in [2.05, 4.69) is 12.2 Å². The Labute approximate surface area is 179 Å². The fraction of sp³-hybridized carbons (Fsp3) is 0.440. The number of aryl methyl sites for hydroxylation is 1. The van der Waals surface area contributed by atoms with E-state index in [-0.39, 0.29) is 11.9 Å². The van der Waals surface area contributed by atoms with E-state index in [1.165, 1.54) is 5.56 Å². The van der Waals surface area contributed by atoms with Gasteiger partial charge in [-0.3, -0.25) is 4.79 Å². The molecular formula is C25H33NO4. The van der Waals surface area contributed by atoms with Crippen LogP contribution in [0.1, 0.15) is 66.9 Å². The van der Waals surface area contributed by atoms with Crippen LogP contribution in [0.15, 0.2) is 42.5 Å². The number of esters is 1. The molecule has 0 heterocycles. The van der Waals surface area contributed by atoms with Gasteiger partial charge in [-0.2, -0.15) is 0 Å². The van der Waals surface area contributed by atoms with Crippen LogP contribution in [0, 0.1) is 13.8 Å². The van der Waals surface area contributed by atoms with Gasteiger partial charge < -0.3 is 14.8 Å². The number of hydrogen-bond donors (Lipinski definition) is 1. The van der Waals surface area contributed by atoms with Crippen molar-refractivity contribution in [1.82, 2.24) is 0 Å². The van der Waals surface area contributed by atoms with E-state index in [1.807, 2.05) is 32.0 Å². The minimum absolute atomic E-state index is 0.0779. The lowest BCUT2D eigenvalue weighted by molar-refractivity contribution is -0.116. The summed E-state index contributed by atoms with van der Waals surface area (Å²) in [5, 5.41) is 2.85. The molecule has 5 nitrogen and oxygen atoms in total. The first kappa shape index (κ1) is 23.5. The summed E-state index contributed by atoms with van der Waals surface area (Å²) in [6, 6.07) is 12.8. The topological polar surface area (TPSA) is 64.6 Å². The Kier molecular flexibility index (Phi) is 9.92. The van der Waals surface area contributed by atoms with Gasteiger partial charge in [-0.25, -0.2) is 4.79 Å². The third-order valence-corrected chi connectivity index (χ3v) is 5.00. The smallest absolute Gasteiger partial charge is 0.338 e. The van der Waals surface area contributed by atoms with Crippen LogP contribution in [-0.2, 0) is 9.53 Å². The molecule has 0 saturated heterocycles. The first-order valence-electron chi connectivity index (χ1n) is 10.8. The molecule has 2 aromatic carbocycles. The summed E-state index contributed by atoms with van der Waals surface area (Å²) in [4.78, 5) is 24.2. The zero-order valence-corrected chi connectivity index (χ0v) is 18.3. The van der Waals surface area contributed by atoms with Crippen LogP contribution in [0.4, 0.5) is 5.69 Å². The molecule has 0 aliphatic heterocycles. The number of rotatable bonds is 12. The SMILES string of the molecule is CCCCCCOC(=O)c1ccc(NC(=O)CCCOc2cccc(C)c2C)cc1. The summed E-state index contributed by atoms with van der Waals surface area (Å²) in [6.45, 7) is 7.16. The molecule has 0 spiro atoms. The van der Waals surface area contributed by atoms with Crippen molar-refractivity contribution in [3.05, 3.63) is 59.2 Å². The van der Waals surface area contributed by atoms with E-state index in [1.54, 1.807) is 24.3 Å². The number of unbranched alkanes of at least 4 members (excludes halogenated alkanes) is 3. The van der Waals surface area contributed by atoms with Crippen molar-refractivity contribution in [1.29, 1.82) is 0 Å². The molecule has 0 bridgehead atoms. The van der Waals surface area contributed by atoms with Gasteiger partial charge in [0.1, 0.15) is 5.75 Å². The Bertz CT molecular complexity index is 814. The minimum atomic E-state index is -0.326. The van der Waals surface area contributed by atoms with Crippen molar-refractivity contribution < 1.29 is 19.1 Å². The molecule has 0 atom stereocenters. The number of nitrogens with one attached hydrogen (secondary N) is 1. The lowest BCUT2D eigenvalue weighted by Crippen LogP contribution is -2.13. The van der Waals surface area contributed by atoms with Crippen LogP contribution >= 0.6 is 0 Å². The van der Waals surface area contributed by atoms with Gasteiger partial charge in [0.05, 0.1) is 18.8 Å². The molecule has 1 N–H and O–H groups in total. The van der Waals surface area contributed by atoms with Crippen molar-refractivity contribution in [3.63, 3.8) is 0 Å². The molecule has 1 amide bonds. The molecular weight excluding hydrogens is 378 g/mol. The van der Waals surface area contributed by atoms with Gasteiger partial charge in [-0.05, 0) is 68.1 Å². The van der Waals surface area contributed by atoms with E-state index in [0.717, 1.165) is 37.0 Å². The fourth-order valence-corrected chi connectivity index (χ4v) is 2.99. The Morgan fingerprint density at radius 2 is 1.67 bits per heavy atom. The van der Waals surface area contributed by atoms with E-state index >= 15 is 0 Å². The summed E-state index contributed by atoms with van der Waals surface area (Å²) in [7, 11) is 0. The van der Waals surface area contributed by atoms with Crippen molar-refractivity contribution in [2.45, 2.75) is 59.3 Å². The van der Waals surface area contributed by atoms with E-state index < -0.39 is 0 Å². The second kappa shape index (κ2) is 12.7. The molecule has 2 rings (SSSR count). The largest absolute Gasteiger partial charge is 0.493 e. The predicted octanol–water partition coefficient (Wildman–Crippen LogP) is 5.84. The zero-order chi connectivity index (χ0) is 21.8.